The third-order valence-electron chi connectivity index (χ3n) is 4.96. The van der Waals surface area contributed by atoms with Gasteiger partial charge in [0.05, 0.1) is 22.6 Å². The number of nitrogens with two attached hydrogens (primary N) is 1. The summed E-state index contributed by atoms with van der Waals surface area (Å²) < 4.78 is 4.12. The zero-order chi connectivity index (χ0) is 25.9. The first-order valence-electron chi connectivity index (χ1n) is 10.2. The summed E-state index contributed by atoms with van der Waals surface area (Å²) >= 11 is 0. The van der Waals surface area contributed by atoms with E-state index in [-0.39, 0.29) is 47.4 Å². The number of nitro groups is 1. The Morgan fingerprint density at radius 2 is 1.63 bits per heavy atom. The fourth-order valence-corrected chi connectivity index (χ4v) is 3.25. The Morgan fingerprint density at radius 3 is 2.26 bits per heavy atom. The van der Waals surface area contributed by atoms with E-state index in [1.165, 1.54) is 45.4 Å². The second-order valence-corrected chi connectivity index (χ2v) is 7.65. The third kappa shape index (κ3) is 5.70. The molecule has 15 nitrogen and oxygen atoms in total. The van der Waals surface area contributed by atoms with Crippen molar-refractivity contribution in [1.29, 1.82) is 5.41 Å². The summed E-state index contributed by atoms with van der Waals surface area (Å²) in [4.78, 5) is 47.9. The minimum atomic E-state index is -0.597. The van der Waals surface area contributed by atoms with Gasteiger partial charge in [0.25, 0.3) is 23.4 Å². The summed E-state index contributed by atoms with van der Waals surface area (Å²) in [6.45, 7) is 0.189. The highest BCUT2D eigenvalue weighted by molar-refractivity contribution is 6.07. The summed E-state index contributed by atoms with van der Waals surface area (Å²) in [5, 5.41) is 30.0. The lowest BCUT2D eigenvalue weighted by molar-refractivity contribution is -0.384. The fourth-order valence-electron chi connectivity index (χ4n) is 3.25. The van der Waals surface area contributed by atoms with Crippen molar-refractivity contribution in [3.63, 3.8) is 0 Å². The fraction of sp³-hybridized carbons (Fsp3) is 0.250. The predicted molar refractivity (Wildman–Crippen MR) is 125 cm³/mol. The van der Waals surface area contributed by atoms with Crippen molar-refractivity contribution < 1.29 is 19.3 Å². The van der Waals surface area contributed by atoms with Crippen molar-refractivity contribution in [2.24, 2.45) is 26.9 Å². The van der Waals surface area contributed by atoms with Gasteiger partial charge in [0.15, 0.2) is 5.82 Å². The molecule has 0 fully saturated rings. The molecule has 0 radical (unpaired) electrons. The monoisotopic (exact) mass is 484 g/mol. The lowest BCUT2D eigenvalue weighted by Gasteiger charge is -2.03. The number of rotatable bonds is 9. The van der Waals surface area contributed by atoms with Crippen LogP contribution in [0.3, 0.4) is 0 Å². The van der Waals surface area contributed by atoms with E-state index >= 15 is 0 Å². The number of aromatic nitrogens is 4. The van der Waals surface area contributed by atoms with Gasteiger partial charge in [-0.1, -0.05) is 0 Å². The SMILES string of the molecule is Cn1cc([N+](=O)[O-])cc1C(=O)Nc1cc(C(=O)Nc2cc(C(=O)NCCC(=N)N)n(C)n2)n(C)c1. The summed E-state index contributed by atoms with van der Waals surface area (Å²) in [6.07, 6.45) is 2.94. The van der Waals surface area contributed by atoms with Gasteiger partial charge in [-0.2, -0.15) is 5.10 Å². The number of carbonyl (C=O) groups is 3. The second kappa shape index (κ2) is 9.90. The maximum Gasteiger partial charge on any atom is 0.287 e. The van der Waals surface area contributed by atoms with Gasteiger partial charge in [0.1, 0.15) is 17.1 Å². The number of nitrogens with one attached hydrogen (secondary N) is 4. The Balaban J connectivity index is 1.68. The van der Waals surface area contributed by atoms with Crippen molar-refractivity contribution in [2.45, 2.75) is 6.42 Å². The van der Waals surface area contributed by atoms with Crippen molar-refractivity contribution in [3.05, 3.63) is 57.8 Å². The number of hydrogen-bond donors (Lipinski definition) is 5. The largest absolute Gasteiger partial charge is 0.388 e. The molecule has 3 aromatic heterocycles. The number of aryl methyl sites for hydroxylation is 3. The van der Waals surface area contributed by atoms with Gasteiger partial charge in [0.2, 0.25) is 0 Å². The average Bonchev–Trinajstić information content (AvgIpc) is 3.44. The minimum absolute atomic E-state index is 0.0497. The van der Waals surface area contributed by atoms with Crippen LogP contribution in [0.15, 0.2) is 30.6 Å². The van der Waals surface area contributed by atoms with Gasteiger partial charge >= 0.3 is 0 Å². The zero-order valence-corrected chi connectivity index (χ0v) is 19.2. The van der Waals surface area contributed by atoms with E-state index in [0.717, 1.165) is 6.07 Å². The Hall–Kier alpha value is -4.95. The highest BCUT2D eigenvalue weighted by atomic mass is 16.6. The van der Waals surface area contributed by atoms with E-state index in [1.54, 1.807) is 14.1 Å². The number of carbonyl (C=O) groups excluding carboxylic acids is 3. The van der Waals surface area contributed by atoms with E-state index in [1.807, 2.05) is 0 Å². The summed E-state index contributed by atoms with van der Waals surface area (Å²) in [5.41, 5.74) is 5.82. The van der Waals surface area contributed by atoms with Gasteiger partial charge in [-0.3, -0.25) is 34.6 Å². The molecule has 0 spiro atoms. The standard InChI is InChI=1S/C20H24N10O5/c1-27-9-11(24-19(32)14-7-12(30(34)35)10-28(14)2)6-13(27)20(33)25-17-8-15(29(3)26-17)18(31)23-5-4-16(21)22/h6-10H,4-5H2,1-3H3,(H3,21,22)(H,23,31)(H,24,32)(H,25,26,33). The zero-order valence-electron chi connectivity index (χ0n) is 19.2. The highest BCUT2D eigenvalue weighted by Crippen LogP contribution is 2.19. The molecule has 6 N–H and O–H groups in total. The molecule has 0 aliphatic heterocycles. The summed E-state index contributed by atoms with van der Waals surface area (Å²) in [5.74, 6) is -1.47. The Bertz CT molecular complexity index is 1330. The molecular weight excluding hydrogens is 460 g/mol. The first-order chi connectivity index (χ1) is 16.5. The van der Waals surface area contributed by atoms with Gasteiger partial charge in [-0.05, 0) is 6.07 Å². The van der Waals surface area contributed by atoms with Crippen LogP contribution < -0.4 is 21.7 Å². The van der Waals surface area contributed by atoms with Crippen LogP contribution in [0.5, 0.6) is 0 Å². The van der Waals surface area contributed by atoms with Crippen molar-refractivity contribution in [1.82, 2.24) is 24.2 Å². The molecule has 0 saturated heterocycles. The molecular formula is C20H24N10O5. The van der Waals surface area contributed by atoms with E-state index in [4.69, 9.17) is 11.1 Å². The molecule has 0 atom stereocenters. The van der Waals surface area contributed by atoms with Crippen molar-refractivity contribution in [3.8, 4) is 0 Å². The molecule has 0 saturated carbocycles. The second-order valence-electron chi connectivity index (χ2n) is 7.65. The van der Waals surface area contributed by atoms with E-state index in [2.05, 4.69) is 21.0 Å². The molecule has 3 amide bonds. The predicted octanol–water partition coefficient (Wildman–Crippen LogP) is 0.566. The Kier molecular flexibility index (Phi) is 6.98. The molecule has 0 aliphatic carbocycles. The number of amidine groups is 1. The Labute approximate surface area is 198 Å². The normalized spacial score (nSPS) is 10.6. The van der Waals surface area contributed by atoms with Crippen molar-refractivity contribution in [2.75, 3.05) is 17.2 Å². The first-order valence-corrected chi connectivity index (χ1v) is 10.2. The summed E-state index contributed by atoms with van der Waals surface area (Å²) in [6, 6.07) is 3.98. The van der Waals surface area contributed by atoms with Gasteiger partial charge < -0.3 is 30.8 Å². The number of anilines is 2. The van der Waals surface area contributed by atoms with Crippen LogP contribution in [0.25, 0.3) is 0 Å². The first kappa shape index (κ1) is 24.7. The quantitative estimate of drug-likeness (QED) is 0.126. The number of nitrogens with zero attached hydrogens (tertiary/aromatic N) is 5. The molecule has 15 heteroatoms. The molecule has 184 valence electrons. The minimum Gasteiger partial charge on any atom is -0.388 e. The molecule has 3 heterocycles. The molecule has 3 aromatic rings. The average molecular weight is 484 g/mol. The lowest BCUT2D eigenvalue weighted by Crippen LogP contribution is -2.29. The van der Waals surface area contributed by atoms with Gasteiger partial charge in [0, 0.05) is 52.4 Å². The van der Waals surface area contributed by atoms with E-state index in [0.29, 0.717) is 5.69 Å². The van der Waals surface area contributed by atoms with Gasteiger partial charge in [-0.25, -0.2) is 0 Å². The molecule has 0 aliphatic rings. The number of amides is 3. The maximum atomic E-state index is 12.8. The molecule has 0 unspecified atom stereocenters. The van der Waals surface area contributed by atoms with E-state index < -0.39 is 22.6 Å². The molecule has 0 aromatic carbocycles. The topological polar surface area (TPSA) is 208 Å². The van der Waals surface area contributed by atoms with Crippen LogP contribution in [0.2, 0.25) is 0 Å². The van der Waals surface area contributed by atoms with E-state index in [9.17, 15) is 24.5 Å². The maximum absolute atomic E-state index is 12.8. The smallest absolute Gasteiger partial charge is 0.287 e. The molecule has 35 heavy (non-hydrogen) atoms. The van der Waals surface area contributed by atoms with Crippen LogP contribution in [0.1, 0.15) is 37.9 Å². The summed E-state index contributed by atoms with van der Waals surface area (Å²) in [7, 11) is 4.65. The van der Waals surface area contributed by atoms with Crippen LogP contribution in [0, 0.1) is 15.5 Å². The van der Waals surface area contributed by atoms with Crippen molar-refractivity contribution >= 4 is 40.7 Å². The van der Waals surface area contributed by atoms with Crippen LogP contribution >= 0.6 is 0 Å². The molecule has 0 bridgehead atoms. The lowest BCUT2D eigenvalue weighted by atomic mass is 10.3. The van der Waals surface area contributed by atoms with Crippen LogP contribution in [-0.2, 0) is 21.1 Å². The third-order valence-corrected chi connectivity index (χ3v) is 4.96. The van der Waals surface area contributed by atoms with Crippen LogP contribution in [0.4, 0.5) is 17.2 Å². The number of hydrogen-bond acceptors (Lipinski definition) is 7. The molecule has 3 rings (SSSR count). The van der Waals surface area contributed by atoms with Gasteiger partial charge in [-0.15, -0.1) is 0 Å². The Morgan fingerprint density at radius 1 is 1.00 bits per heavy atom. The highest BCUT2D eigenvalue weighted by Gasteiger charge is 2.20. The van der Waals surface area contributed by atoms with Crippen LogP contribution in [-0.4, -0.2) is 53.9 Å².